The lowest BCUT2D eigenvalue weighted by Crippen LogP contribution is -2.46. The lowest BCUT2D eigenvalue weighted by atomic mass is 9.95. The zero-order valence-electron chi connectivity index (χ0n) is 9.56. The maximum atomic E-state index is 10.1. The van der Waals surface area contributed by atoms with Crippen LogP contribution in [0.3, 0.4) is 0 Å². The van der Waals surface area contributed by atoms with Crippen molar-refractivity contribution in [3.63, 3.8) is 0 Å². The number of nitrogen functional groups attached to an aromatic ring is 1. The van der Waals surface area contributed by atoms with Gasteiger partial charge in [0.2, 0.25) is 0 Å². The molecule has 3 N–H and O–H groups in total. The number of aliphatic hydroxyl groups is 1. The van der Waals surface area contributed by atoms with Crippen molar-refractivity contribution in [2.45, 2.75) is 30.3 Å². The quantitative estimate of drug-likeness (QED) is 0.793. The van der Waals surface area contributed by atoms with Crippen LogP contribution in [0.5, 0.6) is 0 Å². The third kappa shape index (κ3) is 2.28. The van der Waals surface area contributed by atoms with Gasteiger partial charge in [0.25, 0.3) is 0 Å². The minimum Gasteiger partial charge on any atom is -0.388 e. The number of aromatic nitrogens is 1. The molecule has 6 heteroatoms. The SMILES string of the molecule is CSc1c(N)nsc1N1CCCC(C)(O)C1. The molecule has 0 bridgehead atoms. The van der Waals surface area contributed by atoms with Crippen molar-refractivity contribution in [3.05, 3.63) is 0 Å². The first-order chi connectivity index (χ1) is 7.53. The summed E-state index contributed by atoms with van der Waals surface area (Å²) in [6, 6.07) is 0. The van der Waals surface area contributed by atoms with Crippen LogP contribution in [0.15, 0.2) is 4.90 Å². The van der Waals surface area contributed by atoms with E-state index in [1.165, 1.54) is 11.5 Å². The molecule has 2 rings (SSSR count). The van der Waals surface area contributed by atoms with Crippen LogP contribution < -0.4 is 10.6 Å². The summed E-state index contributed by atoms with van der Waals surface area (Å²) < 4.78 is 4.19. The second-order valence-corrected chi connectivity index (χ2v) is 6.00. The van der Waals surface area contributed by atoms with E-state index in [2.05, 4.69) is 9.27 Å². The Morgan fingerprint density at radius 2 is 2.38 bits per heavy atom. The van der Waals surface area contributed by atoms with Gasteiger partial charge in [0.1, 0.15) is 5.00 Å². The number of hydrogen-bond acceptors (Lipinski definition) is 6. The number of β-amino-alcohol motifs (C(OH)–C–C–N with tert-alkyl or cyclic N) is 1. The summed E-state index contributed by atoms with van der Waals surface area (Å²) in [5.41, 5.74) is 5.22. The van der Waals surface area contributed by atoms with Crippen LogP contribution in [0, 0.1) is 0 Å². The molecule has 0 spiro atoms. The standard InChI is InChI=1S/C10H17N3OS2/c1-10(14)4-3-5-13(6-10)9-7(15-2)8(11)12-16-9/h14H,3-6H2,1-2H3,(H2,11,12). The van der Waals surface area contributed by atoms with E-state index in [4.69, 9.17) is 5.73 Å². The van der Waals surface area contributed by atoms with Gasteiger partial charge >= 0.3 is 0 Å². The van der Waals surface area contributed by atoms with E-state index in [0.717, 1.165) is 29.3 Å². The van der Waals surface area contributed by atoms with Crippen molar-refractivity contribution in [1.82, 2.24) is 4.37 Å². The smallest absolute Gasteiger partial charge is 0.153 e. The fourth-order valence-electron chi connectivity index (χ4n) is 2.07. The molecule has 1 unspecified atom stereocenters. The van der Waals surface area contributed by atoms with Crippen molar-refractivity contribution in [2.75, 3.05) is 30.0 Å². The molecule has 1 atom stereocenters. The van der Waals surface area contributed by atoms with E-state index >= 15 is 0 Å². The number of anilines is 2. The molecule has 1 aromatic rings. The van der Waals surface area contributed by atoms with Crippen LogP contribution in [0.2, 0.25) is 0 Å². The summed E-state index contributed by atoms with van der Waals surface area (Å²) in [5.74, 6) is 0.609. The Balaban J connectivity index is 2.23. The van der Waals surface area contributed by atoms with Gasteiger partial charge in [-0.25, -0.2) is 0 Å². The topological polar surface area (TPSA) is 62.4 Å². The molecule has 1 aromatic heterocycles. The summed E-state index contributed by atoms with van der Waals surface area (Å²) in [5, 5.41) is 11.2. The van der Waals surface area contributed by atoms with Crippen LogP contribution in [0.4, 0.5) is 10.8 Å². The van der Waals surface area contributed by atoms with Crippen LogP contribution >= 0.6 is 23.3 Å². The Kier molecular flexibility index (Phi) is 3.32. The Morgan fingerprint density at radius 1 is 1.62 bits per heavy atom. The molecule has 4 nitrogen and oxygen atoms in total. The molecule has 0 amide bonds. The zero-order valence-corrected chi connectivity index (χ0v) is 11.2. The van der Waals surface area contributed by atoms with E-state index in [9.17, 15) is 5.11 Å². The summed E-state index contributed by atoms with van der Waals surface area (Å²) >= 11 is 3.05. The molecular weight excluding hydrogens is 242 g/mol. The predicted molar refractivity (Wildman–Crippen MR) is 70.4 cm³/mol. The van der Waals surface area contributed by atoms with E-state index in [0.29, 0.717) is 12.4 Å². The first kappa shape index (κ1) is 12.0. The third-order valence-corrected chi connectivity index (χ3v) is 4.69. The first-order valence-corrected chi connectivity index (χ1v) is 7.30. The molecule has 0 aliphatic carbocycles. The van der Waals surface area contributed by atoms with Gasteiger partial charge in [-0.3, -0.25) is 0 Å². The van der Waals surface area contributed by atoms with Gasteiger partial charge in [-0.15, -0.1) is 11.8 Å². The summed E-state index contributed by atoms with van der Waals surface area (Å²) in [7, 11) is 0. The molecule has 0 radical (unpaired) electrons. The van der Waals surface area contributed by atoms with Gasteiger partial charge in [0.15, 0.2) is 5.82 Å². The van der Waals surface area contributed by atoms with E-state index < -0.39 is 5.60 Å². The predicted octanol–water partition coefficient (Wildman–Crippen LogP) is 1.80. The van der Waals surface area contributed by atoms with Gasteiger partial charge in [-0.1, -0.05) is 0 Å². The second kappa shape index (κ2) is 4.43. The largest absolute Gasteiger partial charge is 0.388 e. The molecular formula is C10H17N3OS2. The normalized spacial score (nSPS) is 26.1. The second-order valence-electron chi connectivity index (χ2n) is 4.43. The number of nitrogens with zero attached hydrogens (tertiary/aromatic N) is 2. The molecule has 16 heavy (non-hydrogen) atoms. The van der Waals surface area contributed by atoms with Gasteiger partial charge in [-0.05, 0) is 37.6 Å². The zero-order chi connectivity index (χ0) is 11.8. The first-order valence-electron chi connectivity index (χ1n) is 5.30. The van der Waals surface area contributed by atoms with Gasteiger partial charge in [0, 0.05) is 13.1 Å². The summed E-state index contributed by atoms with van der Waals surface area (Å²) in [6.45, 7) is 3.54. The molecule has 1 saturated heterocycles. The van der Waals surface area contributed by atoms with Crippen LogP contribution in [-0.4, -0.2) is 34.4 Å². The lowest BCUT2D eigenvalue weighted by Gasteiger charge is -2.37. The van der Waals surface area contributed by atoms with Gasteiger partial charge in [0.05, 0.1) is 10.5 Å². The average Bonchev–Trinajstić information content (AvgIpc) is 2.58. The Bertz CT molecular complexity index is 378. The molecule has 0 aromatic carbocycles. The highest BCUT2D eigenvalue weighted by Crippen LogP contribution is 2.39. The minimum absolute atomic E-state index is 0.591. The summed E-state index contributed by atoms with van der Waals surface area (Å²) in [6.07, 6.45) is 3.89. The number of hydrogen-bond donors (Lipinski definition) is 2. The van der Waals surface area contributed by atoms with Crippen LogP contribution in [0.1, 0.15) is 19.8 Å². The number of rotatable bonds is 2. The molecule has 1 aliphatic rings. The molecule has 0 saturated carbocycles. The molecule has 90 valence electrons. The van der Waals surface area contributed by atoms with Crippen molar-refractivity contribution < 1.29 is 5.11 Å². The Labute approximate surface area is 104 Å². The fraction of sp³-hybridized carbons (Fsp3) is 0.700. The van der Waals surface area contributed by atoms with Gasteiger partial charge < -0.3 is 15.7 Å². The van der Waals surface area contributed by atoms with Crippen molar-refractivity contribution >= 4 is 34.1 Å². The number of thioether (sulfide) groups is 1. The van der Waals surface area contributed by atoms with Crippen molar-refractivity contribution in [2.24, 2.45) is 0 Å². The van der Waals surface area contributed by atoms with E-state index in [1.807, 2.05) is 13.2 Å². The third-order valence-electron chi connectivity index (χ3n) is 2.82. The highest BCUT2D eigenvalue weighted by Gasteiger charge is 2.30. The maximum absolute atomic E-state index is 10.1. The van der Waals surface area contributed by atoms with Crippen LogP contribution in [0.25, 0.3) is 0 Å². The highest BCUT2D eigenvalue weighted by atomic mass is 32.2. The number of piperidine rings is 1. The Morgan fingerprint density at radius 3 is 3.00 bits per heavy atom. The van der Waals surface area contributed by atoms with E-state index in [1.54, 1.807) is 11.8 Å². The summed E-state index contributed by atoms with van der Waals surface area (Å²) in [4.78, 5) is 3.24. The van der Waals surface area contributed by atoms with Gasteiger partial charge in [-0.2, -0.15) is 4.37 Å². The van der Waals surface area contributed by atoms with E-state index in [-0.39, 0.29) is 0 Å². The monoisotopic (exact) mass is 259 g/mol. The minimum atomic E-state index is -0.591. The molecule has 1 aliphatic heterocycles. The van der Waals surface area contributed by atoms with Crippen LogP contribution in [-0.2, 0) is 0 Å². The van der Waals surface area contributed by atoms with Crippen molar-refractivity contribution in [1.29, 1.82) is 0 Å². The fourth-order valence-corrected chi connectivity index (χ4v) is 3.78. The Hall–Kier alpha value is -0.460. The molecule has 2 heterocycles. The molecule has 1 fully saturated rings. The highest BCUT2D eigenvalue weighted by molar-refractivity contribution is 7.99. The van der Waals surface area contributed by atoms with Crippen molar-refractivity contribution in [3.8, 4) is 0 Å². The maximum Gasteiger partial charge on any atom is 0.153 e. The number of nitrogens with two attached hydrogens (primary N) is 1. The average molecular weight is 259 g/mol. The lowest BCUT2D eigenvalue weighted by molar-refractivity contribution is 0.0450.